The molecule has 1 rings (SSSR count). The summed E-state index contributed by atoms with van der Waals surface area (Å²) >= 11 is 0. The monoisotopic (exact) mass is 213 g/mol. The lowest BCUT2D eigenvalue weighted by Crippen LogP contribution is -2.28. The van der Waals surface area contributed by atoms with Gasteiger partial charge in [0.1, 0.15) is 11.9 Å². The molecule has 0 radical (unpaired) electrons. The molecule has 0 spiro atoms. The molecule has 2 atom stereocenters. The largest absolute Gasteiger partial charge is 0.389 e. The fourth-order valence-electron chi connectivity index (χ4n) is 1.29. The second kappa shape index (κ2) is 4.97. The third kappa shape index (κ3) is 2.38. The minimum Gasteiger partial charge on any atom is -0.389 e. The summed E-state index contributed by atoms with van der Waals surface area (Å²) in [4.78, 5) is 10.6. The molecular weight excluding hydrogens is 201 g/mol. The molecule has 0 aliphatic heterocycles. The number of aliphatic hydroxyl groups is 2. The van der Waals surface area contributed by atoms with Gasteiger partial charge in [0.25, 0.3) is 0 Å². The van der Waals surface area contributed by atoms with Crippen molar-refractivity contribution < 1.29 is 19.4 Å². The number of aldehydes is 1. The van der Waals surface area contributed by atoms with E-state index in [1.807, 2.05) is 0 Å². The first-order valence-corrected chi connectivity index (χ1v) is 4.41. The number of benzene rings is 1. The van der Waals surface area contributed by atoms with Crippen molar-refractivity contribution in [1.29, 1.82) is 0 Å². The molecule has 0 heterocycles. The molecule has 0 aromatic heterocycles. The fraction of sp³-hybridized carbons (Fsp3) is 0.300. The summed E-state index contributed by atoms with van der Waals surface area (Å²) < 4.78 is 13.3. The van der Waals surface area contributed by atoms with Crippen LogP contribution in [0.3, 0.4) is 0 Å². The molecule has 0 saturated carbocycles. The van der Waals surface area contributed by atoms with Gasteiger partial charge in [-0.05, 0) is 6.07 Å². The van der Waals surface area contributed by atoms with E-state index in [0.29, 0.717) is 6.29 Å². The van der Waals surface area contributed by atoms with Gasteiger partial charge in [0, 0.05) is 17.7 Å². The average molecular weight is 213 g/mol. The molecule has 0 saturated heterocycles. The highest BCUT2D eigenvalue weighted by Gasteiger charge is 2.23. The lowest BCUT2D eigenvalue weighted by atomic mass is 9.98. The van der Waals surface area contributed by atoms with Gasteiger partial charge in [0.2, 0.25) is 0 Å². The van der Waals surface area contributed by atoms with Crippen LogP contribution >= 0.6 is 0 Å². The maximum atomic E-state index is 13.3. The molecule has 0 aliphatic carbocycles. The van der Waals surface area contributed by atoms with Crippen molar-refractivity contribution in [3.05, 3.63) is 35.1 Å². The van der Waals surface area contributed by atoms with Gasteiger partial charge in [-0.15, -0.1) is 0 Å². The van der Waals surface area contributed by atoms with Crippen LogP contribution in [0.2, 0.25) is 0 Å². The molecule has 0 fully saturated rings. The molecule has 2 unspecified atom stereocenters. The summed E-state index contributed by atoms with van der Waals surface area (Å²) in [6.45, 7) is -0.214. The lowest BCUT2D eigenvalue weighted by Gasteiger charge is -2.18. The van der Waals surface area contributed by atoms with E-state index in [-0.39, 0.29) is 17.7 Å². The van der Waals surface area contributed by atoms with Crippen molar-refractivity contribution >= 4 is 6.29 Å². The number of carbonyl (C=O) groups excluding carboxylic acids is 1. The van der Waals surface area contributed by atoms with Crippen LogP contribution in [0.25, 0.3) is 0 Å². The van der Waals surface area contributed by atoms with Crippen LogP contribution in [0.1, 0.15) is 22.0 Å². The number of rotatable bonds is 4. The quantitative estimate of drug-likeness (QED) is 0.614. The zero-order valence-electron chi connectivity index (χ0n) is 7.93. The summed E-state index contributed by atoms with van der Waals surface area (Å²) in [5.74, 6) is -0.736. The summed E-state index contributed by atoms with van der Waals surface area (Å²) in [5.41, 5.74) is 4.92. The number of aliphatic hydroxyl groups excluding tert-OH is 2. The van der Waals surface area contributed by atoms with Gasteiger partial charge in [0.05, 0.1) is 6.10 Å². The zero-order valence-corrected chi connectivity index (χ0v) is 7.93. The predicted molar refractivity (Wildman–Crippen MR) is 51.8 cm³/mol. The molecule has 5 heteroatoms. The van der Waals surface area contributed by atoms with Gasteiger partial charge in [-0.2, -0.15) is 0 Å². The highest BCUT2D eigenvalue weighted by molar-refractivity contribution is 5.77. The molecule has 0 bridgehead atoms. The summed E-state index contributed by atoms with van der Waals surface area (Å²) in [5, 5.41) is 18.8. The van der Waals surface area contributed by atoms with Crippen molar-refractivity contribution in [2.45, 2.75) is 12.2 Å². The van der Waals surface area contributed by atoms with E-state index in [4.69, 9.17) is 5.73 Å². The Morgan fingerprint density at radius 1 is 1.47 bits per heavy atom. The van der Waals surface area contributed by atoms with Crippen LogP contribution in [-0.4, -0.2) is 29.1 Å². The van der Waals surface area contributed by atoms with E-state index in [9.17, 15) is 19.4 Å². The average Bonchev–Trinajstić information content (AvgIpc) is 2.26. The Kier molecular flexibility index (Phi) is 3.90. The number of carbonyl (C=O) groups is 1. The molecule has 82 valence electrons. The summed E-state index contributed by atoms with van der Waals surface area (Å²) in [6.07, 6.45) is -2.36. The molecule has 0 aliphatic rings. The van der Waals surface area contributed by atoms with Gasteiger partial charge in [-0.25, -0.2) is 4.39 Å². The zero-order chi connectivity index (χ0) is 11.4. The standard InChI is InChI=1S/C10H12FNO3/c11-7-3-1-2-6(5-13)9(7)10(15)8(14)4-12/h1-3,5,8,10,14-15H,4,12H2. The minimum absolute atomic E-state index is 0.00926. The first-order chi connectivity index (χ1) is 7.11. The second-order valence-corrected chi connectivity index (χ2v) is 3.11. The Hall–Kier alpha value is -1.30. The first-order valence-electron chi connectivity index (χ1n) is 4.41. The molecular formula is C10H12FNO3. The first kappa shape index (κ1) is 11.8. The van der Waals surface area contributed by atoms with Crippen LogP contribution < -0.4 is 5.73 Å². The van der Waals surface area contributed by atoms with Gasteiger partial charge in [-0.3, -0.25) is 4.79 Å². The number of nitrogens with two attached hydrogens (primary N) is 1. The highest BCUT2D eigenvalue weighted by Crippen LogP contribution is 2.23. The number of halogens is 1. The SMILES string of the molecule is NCC(O)C(O)c1c(F)cccc1C=O. The summed E-state index contributed by atoms with van der Waals surface area (Å²) in [6, 6.07) is 3.82. The van der Waals surface area contributed by atoms with Crippen LogP contribution in [-0.2, 0) is 0 Å². The maximum absolute atomic E-state index is 13.3. The molecule has 4 nitrogen and oxygen atoms in total. The van der Waals surface area contributed by atoms with Crippen LogP contribution in [0.5, 0.6) is 0 Å². The Balaban J connectivity index is 3.16. The van der Waals surface area contributed by atoms with Gasteiger partial charge in [0.15, 0.2) is 6.29 Å². The van der Waals surface area contributed by atoms with E-state index in [2.05, 4.69) is 0 Å². The van der Waals surface area contributed by atoms with E-state index >= 15 is 0 Å². The van der Waals surface area contributed by atoms with Crippen molar-refractivity contribution in [2.24, 2.45) is 5.73 Å². The Bertz CT molecular complexity index is 357. The van der Waals surface area contributed by atoms with Crippen molar-refractivity contribution in [3.8, 4) is 0 Å². The third-order valence-corrected chi connectivity index (χ3v) is 2.12. The van der Waals surface area contributed by atoms with Gasteiger partial charge >= 0.3 is 0 Å². The highest BCUT2D eigenvalue weighted by atomic mass is 19.1. The van der Waals surface area contributed by atoms with E-state index in [1.54, 1.807) is 0 Å². The third-order valence-electron chi connectivity index (χ3n) is 2.12. The Morgan fingerprint density at radius 3 is 2.67 bits per heavy atom. The van der Waals surface area contributed by atoms with Crippen LogP contribution in [0, 0.1) is 5.82 Å². The van der Waals surface area contributed by atoms with Crippen molar-refractivity contribution in [1.82, 2.24) is 0 Å². The minimum atomic E-state index is -1.49. The fourth-order valence-corrected chi connectivity index (χ4v) is 1.29. The molecule has 1 aromatic carbocycles. The Labute approximate surface area is 86.1 Å². The molecule has 0 amide bonds. The molecule has 4 N–H and O–H groups in total. The van der Waals surface area contributed by atoms with Gasteiger partial charge in [-0.1, -0.05) is 12.1 Å². The number of hydrogen-bond acceptors (Lipinski definition) is 4. The normalized spacial score (nSPS) is 14.7. The smallest absolute Gasteiger partial charge is 0.150 e. The van der Waals surface area contributed by atoms with E-state index in [0.717, 1.165) is 6.07 Å². The van der Waals surface area contributed by atoms with Gasteiger partial charge < -0.3 is 15.9 Å². The van der Waals surface area contributed by atoms with Crippen LogP contribution in [0.4, 0.5) is 4.39 Å². The number of hydrogen-bond donors (Lipinski definition) is 3. The predicted octanol–water partition coefficient (Wildman–Crippen LogP) is -0.00880. The topological polar surface area (TPSA) is 83.6 Å². The van der Waals surface area contributed by atoms with Crippen molar-refractivity contribution in [3.63, 3.8) is 0 Å². The van der Waals surface area contributed by atoms with E-state index in [1.165, 1.54) is 12.1 Å². The molecule has 1 aromatic rings. The lowest BCUT2D eigenvalue weighted by molar-refractivity contribution is 0.0218. The second-order valence-electron chi connectivity index (χ2n) is 3.11. The summed E-state index contributed by atoms with van der Waals surface area (Å²) in [7, 11) is 0. The maximum Gasteiger partial charge on any atom is 0.150 e. The van der Waals surface area contributed by atoms with Crippen molar-refractivity contribution in [2.75, 3.05) is 6.54 Å². The van der Waals surface area contributed by atoms with E-state index < -0.39 is 18.0 Å². The Morgan fingerprint density at radius 2 is 2.13 bits per heavy atom. The molecule has 15 heavy (non-hydrogen) atoms. The van der Waals surface area contributed by atoms with Crippen LogP contribution in [0.15, 0.2) is 18.2 Å².